The molecule has 102 valence electrons. The van der Waals surface area contributed by atoms with Gasteiger partial charge in [0.15, 0.2) is 0 Å². The van der Waals surface area contributed by atoms with Gasteiger partial charge in [-0.2, -0.15) is 0 Å². The molecule has 2 aromatic carbocycles. The second kappa shape index (κ2) is 5.04. The van der Waals surface area contributed by atoms with E-state index in [4.69, 9.17) is 0 Å². The summed E-state index contributed by atoms with van der Waals surface area (Å²) >= 11 is 0. The third kappa shape index (κ3) is 2.07. The third-order valence-corrected chi connectivity index (χ3v) is 3.99. The molecule has 2 heteroatoms. The van der Waals surface area contributed by atoms with Crippen LogP contribution in [-0.2, 0) is 0 Å². The first-order valence-corrected chi connectivity index (χ1v) is 7.02. The molecule has 0 bridgehead atoms. The van der Waals surface area contributed by atoms with Crippen molar-refractivity contribution < 1.29 is 0 Å². The minimum Gasteiger partial charge on any atom is -0.358 e. The molecule has 0 amide bonds. The summed E-state index contributed by atoms with van der Waals surface area (Å²) in [7, 11) is 2.13. The summed E-state index contributed by atoms with van der Waals surface area (Å²) < 4.78 is 0. The molecule has 3 rings (SSSR count). The highest BCUT2D eigenvalue weighted by atomic mass is 15.4. The second-order valence-corrected chi connectivity index (χ2v) is 5.33. The predicted molar refractivity (Wildman–Crippen MR) is 85.3 cm³/mol. The Balaban J connectivity index is 2.09. The van der Waals surface area contributed by atoms with Crippen LogP contribution in [0.15, 0.2) is 60.8 Å². The van der Waals surface area contributed by atoms with Crippen molar-refractivity contribution in [3.8, 4) is 0 Å². The standard InChI is InChI=1S/C18H20N2/c1-14-9-7-8-12-17(14)20-15(2)19(3)13-18(20)16-10-5-4-6-11-16/h4-13,15H,1-3H3/t15-/m0/s1. The number of hydrogen-bond acceptors (Lipinski definition) is 2. The largest absolute Gasteiger partial charge is 0.358 e. The lowest BCUT2D eigenvalue weighted by Crippen LogP contribution is -2.35. The number of benzene rings is 2. The van der Waals surface area contributed by atoms with E-state index in [1.807, 2.05) is 0 Å². The van der Waals surface area contributed by atoms with Gasteiger partial charge in [-0.3, -0.25) is 0 Å². The Hall–Kier alpha value is -2.22. The van der Waals surface area contributed by atoms with Crippen molar-refractivity contribution in [2.45, 2.75) is 20.0 Å². The molecule has 2 nitrogen and oxygen atoms in total. The van der Waals surface area contributed by atoms with Gasteiger partial charge in [0, 0.05) is 18.9 Å². The molecule has 1 atom stereocenters. The van der Waals surface area contributed by atoms with Crippen LogP contribution in [0.4, 0.5) is 5.69 Å². The van der Waals surface area contributed by atoms with Crippen LogP contribution in [0.2, 0.25) is 0 Å². The van der Waals surface area contributed by atoms with Crippen molar-refractivity contribution in [1.82, 2.24) is 4.90 Å². The van der Waals surface area contributed by atoms with Crippen LogP contribution in [0.5, 0.6) is 0 Å². The molecule has 0 N–H and O–H groups in total. The highest BCUT2D eigenvalue weighted by molar-refractivity contribution is 5.82. The normalized spacial score (nSPS) is 18.4. The highest BCUT2D eigenvalue weighted by Crippen LogP contribution is 2.35. The number of aryl methyl sites for hydroxylation is 1. The van der Waals surface area contributed by atoms with Crippen molar-refractivity contribution in [2.24, 2.45) is 0 Å². The number of para-hydroxylation sites is 1. The van der Waals surface area contributed by atoms with Gasteiger partial charge in [0.1, 0.15) is 6.17 Å². The maximum Gasteiger partial charge on any atom is 0.103 e. The van der Waals surface area contributed by atoms with Gasteiger partial charge in [-0.25, -0.2) is 0 Å². The summed E-state index contributed by atoms with van der Waals surface area (Å²) in [6.45, 7) is 4.40. The summed E-state index contributed by atoms with van der Waals surface area (Å²) in [5.74, 6) is 0. The van der Waals surface area contributed by atoms with Crippen LogP contribution < -0.4 is 4.90 Å². The summed E-state index contributed by atoms with van der Waals surface area (Å²) in [5.41, 5.74) is 5.10. The summed E-state index contributed by atoms with van der Waals surface area (Å²) in [6, 6.07) is 19.1. The first-order chi connectivity index (χ1) is 9.68. The summed E-state index contributed by atoms with van der Waals surface area (Å²) in [4.78, 5) is 4.67. The van der Waals surface area contributed by atoms with Crippen LogP contribution >= 0.6 is 0 Å². The topological polar surface area (TPSA) is 6.48 Å². The van der Waals surface area contributed by atoms with Crippen molar-refractivity contribution in [2.75, 3.05) is 11.9 Å². The Morgan fingerprint density at radius 3 is 2.25 bits per heavy atom. The molecule has 0 aliphatic carbocycles. The Morgan fingerprint density at radius 2 is 1.55 bits per heavy atom. The maximum atomic E-state index is 2.41. The molecule has 1 aliphatic rings. The molecule has 2 aromatic rings. The van der Waals surface area contributed by atoms with Crippen LogP contribution in [0.3, 0.4) is 0 Å². The third-order valence-electron chi connectivity index (χ3n) is 3.99. The van der Waals surface area contributed by atoms with E-state index in [9.17, 15) is 0 Å². The predicted octanol–water partition coefficient (Wildman–Crippen LogP) is 4.09. The maximum absolute atomic E-state index is 2.41. The van der Waals surface area contributed by atoms with E-state index in [1.54, 1.807) is 0 Å². The van der Waals surface area contributed by atoms with E-state index >= 15 is 0 Å². The lowest BCUT2D eigenvalue weighted by Gasteiger charge is -2.31. The monoisotopic (exact) mass is 264 g/mol. The zero-order valence-corrected chi connectivity index (χ0v) is 12.2. The van der Waals surface area contributed by atoms with Gasteiger partial charge in [0.25, 0.3) is 0 Å². The van der Waals surface area contributed by atoms with E-state index in [2.05, 4.69) is 91.5 Å². The van der Waals surface area contributed by atoms with E-state index < -0.39 is 0 Å². The average molecular weight is 264 g/mol. The summed E-state index contributed by atoms with van der Waals surface area (Å²) in [6.07, 6.45) is 2.55. The number of anilines is 1. The molecular weight excluding hydrogens is 244 g/mol. The van der Waals surface area contributed by atoms with E-state index in [0.717, 1.165) is 0 Å². The minimum absolute atomic E-state index is 0.325. The molecule has 1 heterocycles. The van der Waals surface area contributed by atoms with Gasteiger partial charge in [0.05, 0.1) is 5.70 Å². The van der Waals surface area contributed by atoms with E-state index in [0.29, 0.717) is 6.17 Å². The first kappa shape index (κ1) is 12.8. The molecule has 1 aliphatic heterocycles. The fourth-order valence-electron chi connectivity index (χ4n) is 2.73. The first-order valence-electron chi connectivity index (χ1n) is 7.02. The smallest absolute Gasteiger partial charge is 0.103 e. The lowest BCUT2D eigenvalue weighted by molar-refractivity contribution is 0.383. The van der Waals surface area contributed by atoms with Gasteiger partial charge >= 0.3 is 0 Å². The zero-order valence-electron chi connectivity index (χ0n) is 12.2. The lowest BCUT2D eigenvalue weighted by atomic mass is 10.1. The molecule has 0 aromatic heterocycles. The van der Waals surface area contributed by atoms with Crippen molar-refractivity contribution in [1.29, 1.82) is 0 Å². The van der Waals surface area contributed by atoms with Gasteiger partial charge in [-0.15, -0.1) is 0 Å². The SMILES string of the molecule is Cc1ccccc1N1C(c2ccccc2)=CN(C)[C@@H]1C. The number of nitrogens with zero attached hydrogens (tertiary/aromatic N) is 2. The Morgan fingerprint density at radius 1 is 0.900 bits per heavy atom. The number of rotatable bonds is 2. The van der Waals surface area contributed by atoms with Crippen molar-refractivity contribution in [3.63, 3.8) is 0 Å². The molecule has 0 unspecified atom stereocenters. The Bertz CT molecular complexity index is 631. The number of hydrogen-bond donors (Lipinski definition) is 0. The van der Waals surface area contributed by atoms with Gasteiger partial charge in [-0.05, 0) is 31.0 Å². The minimum atomic E-state index is 0.325. The molecule has 0 spiro atoms. The quantitative estimate of drug-likeness (QED) is 0.806. The van der Waals surface area contributed by atoms with Crippen LogP contribution in [-0.4, -0.2) is 18.1 Å². The van der Waals surface area contributed by atoms with Crippen molar-refractivity contribution >= 4 is 11.4 Å². The molecular formula is C18H20N2. The average Bonchev–Trinajstić information content (AvgIpc) is 2.77. The molecule has 0 radical (unpaired) electrons. The molecule has 0 fully saturated rings. The van der Waals surface area contributed by atoms with E-state index in [-0.39, 0.29) is 0 Å². The molecule has 0 saturated carbocycles. The van der Waals surface area contributed by atoms with Crippen molar-refractivity contribution in [3.05, 3.63) is 71.9 Å². The zero-order chi connectivity index (χ0) is 14.1. The van der Waals surface area contributed by atoms with Gasteiger partial charge in [-0.1, -0.05) is 48.5 Å². The van der Waals surface area contributed by atoms with Crippen LogP contribution in [0.25, 0.3) is 5.70 Å². The second-order valence-electron chi connectivity index (χ2n) is 5.33. The van der Waals surface area contributed by atoms with Crippen LogP contribution in [0.1, 0.15) is 18.1 Å². The molecule has 0 saturated heterocycles. The fourth-order valence-corrected chi connectivity index (χ4v) is 2.73. The van der Waals surface area contributed by atoms with Crippen LogP contribution in [0, 0.1) is 6.92 Å². The summed E-state index contributed by atoms with van der Waals surface area (Å²) in [5, 5.41) is 0. The Labute approximate surface area is 121 Å². The van der Waals surface area contributed by atoms with E-state index in [1.165, 1.54) is 22.5 Å². The fraction of sp³-hybridized carbons (Fsp3) is 0.222. The van der Waals surface area contributed by atoms with Gasteiger partial charge in [0.2, 0.25) is 0 Å². The van der Waals surface area contributed by atoms with Gasteiger partial charge < -0.3 is 9.80 Å². The Kier molecular flexibility index (Phi) is 3.23. The highest BCUT2D eigenvalue weighted by Gasteiger charge is 2.29. The molecule has 20 heavy (non-hydrogen) atoms.